The van der Waals surface area contributed by atoms with Crippen LogP contribution in [0.25, 0.3) is 43.7 Å². The molecule has 0 aliphatic carbocycles. The highest BCUT2D eigenvalue weighted by Crippen LogP contribution is 2.36. The molecule has 0 saturated carbocycles. The lowest BCUT2D eigenvalue weighted by molar-refractivity contribution is 0.100. The maximum Gasteiger partial charge on any atom is 0.249 e. The Morgan fingerprint density at radius 1 is 0.706 bits per heavy atom. The van der Waals surface area contributed by atoms with E-state index in [0.717, 1.165) is 32.9 Å². The molecule has 3 nitrogen and oxygen atoms in total. The minimum Gasteiger partial charge on any atom is -0.366 e. The Balaban J connectivity index is 1.66. The molecule has 5 aromatic carbocycles. The van der Waals surface area contributed by atoms with Crippen LogP contribution in [0.15, 0.2) is 103 Å². The van der Waals surface area contributed by atoms with Crippen LogP contribution in [0.2, 0.25) is 0 Å². The summed E-state index contributed by atoms with van der Waals surface area (Å²) in [7, 11) is 0. The second kappa shape index (κ2) is 7.89. The fraction of sp³-hybridized carbons (Fsp3) is 0.0645. The van der Waals surface area contributed by atoms with Crippen LogP contribution >= 0.6 is 0 Å². The van der Waals surface area contributed by atoms with Crippen LogP contribution < -0.4 is 5.73 Å². The van der Waals surface area contributed by atoms with Gasteiger partial charge in [0.05, 0.1) is 11.0 Å². The van der Waals surface area contributed by atoms with Crippen molar-refractivity contribution in [2.24, 2.45) is 5.73 Å². The number of hydrogen-bond donors (Lipinski definition) is 1. The van der Waals surface area contributed by atoms with E-state index in [9.17, 15) is 4.79 Å². The summed E-state index contributed by atoms with van der Waals surface area (Å²) < 4.78 is 2.32. The lowest BCUT2D eigenvalue weighted by atomic mass is 10.00. The van der Waals surface area contributed by atoms with Gasteiger partial charge >= 0.3 is 0 Å². The molecule has 164 valence electrons. The largest absolute Gasteiger partial charge is 0.366 e. The molecule has 0 bridgehead atoms. The number of hydrogen-bond acceptors (Lipinski definition) is 1. The predicted octanol–water partition coefficient (Wildman–Crippen LogP) is 7.07. The van der Waals surface area contributed by atoms with E-state index in [0.29, 0.717) is 12.1 Å². The highest BCUT2D eigenvalue weighted by atomic mass is 16.1. The SMILES string of the molecule is Cc1ccc(Cn2c3cc(-c4ccccc4)ccc3c3c(C(N)=O)cccc32)c2ccccc12. The summed E-state index contributed by atoms with van der Waals surface area (Å²) in [5.41, 5.74) is 13.3. The number of aromatic nitrogens is 1. The summed E-state index contributed by atoms with van der Waals surface area (Å²) in [6.45, 7) is 2.85. The third-order valence-electron chi connectivity index (χ3n) is 6.82. The summed E-state index contributed by atoms with van der Waals surface area (Å²) in [5, 5.41) is 4.48. The number of rotatable bonds is 4. The third-order valence-corrected chi connectivity index (χ3v) is 6.82. The van der Waals surface area contributed by atoms with E-state index in [2.05, 4.69) is 96.4 Å². The van der Waals surface area contributed by atoms with Crippen molar-refractivity contribution in [3.63, 3.8) is 0 Å². The van der Waals surface area contributed by atoms with Crippen LogP contribution in [0, 0.1) is 6.92 Å². The van der Waals surface area contributed by atoms with E-state index in [1.165, 1.54) is 21.9 Å². The van der Waals surface area contributed by atoms with Gasteiger partial charge in [-0.1, -0.05) is 84.9 Å². The molecule has 34 heavy (non-hydrogen) atoms. The fourth-order valence-corrected chi connectivity index (χ4v) is 5.15. The minimum absolute atomic E-state index is 0.405. The number of benzene rings is 5. The number of aryl methyl sites for hydroxylation is 1. The van der Waals surface area contributed by atoms with Crippen molar-refractivity contribution in [1.82, 2.24) is 4.57 Å². The normalized spacial score (nSPS) is 11.4. The zero-order valence-electron chi connectivity index (χ0n) is 19.0. The van der Waals surface area contributed by atoms with Crippen LogP contribution in [0.1, 0.15) is 21.5 Å². The summed E-state index contributed by atoms with van der Waals surface area (Å²) in [4.78, 5) is 12.3. The van der Waals surface area contributed by atoms with E-state index in [-0.39, 0.29) is 0 Å². The third kappa shape index (κ3) is 3.17. The Bertz CT molecular complexity index is 1710. The second-order valence-corrected chi connectivity index (χ2v) is 8.84. The first-order valence-corrected chi connectivity index (χ1v) is 11.5. The molecule has 0 aliphatic rings. The number of amides is 1. The Morgan fingerprint density at radius 3 is 2.26 bits per heavy atom. The zero-order chi connectivity index (χ0) is 23.2. The van der Waals surface area contributed by atoms with Crippen molar-refractivity contribution >= 4 is 38.5 Å². The number of carbonyl (C=O) groups is 1. The molecule has 0 saturated heterocycles. The molecule has 0 radical (unpaired) electrons. The quantitative estimate of drug-likeness (QED) is 0.313. The van der Waals surface area contributed by atoms with Gasteiger partial charge in [0, 0.05) is 22.9 Å². The molecule has 6 aromatic rings. The van der Waals surface area contributed by atoms with Gasteiger partial charge in [0.15, 0.2) is 0 Å². The number of primary amides is 1. The fourth-order valence-electron chi connectivity index (χ4n) is 5.15. The topological polar surface area (TPSA) is 48.0 Å². The van der Waals surface area contributed by atoms with E-state index < -0.39 is 5.91 Å². The molecular formula is C31H24N2O. The first-order chi connectivity index (χ1) is 16.6. The van der Waals surface area contributed by atoms with Crippen molar-refractivity contribution in [1.29, 1.82) is 0 Å². The molecule has 0 aliphatic heterocycles. The summed E-state index contributed by atoms with van der Waals surface area (Å²) in [5.74, 6) is -0.405. The zero-order valence-corrected chi connectivity index (χ0v) is 19.0. The maximum atomic E-state index is 12.3. The number of nitrogens with two attached hydrogens (primary N) is 1. The van der Waals surface area contributed by atoms with Crippen molar-refractivity contribution in [2.75, 3.05) is 0 Å². The molecule has 1 heterocycles. The predicted molar refractivity (Wildman–Crippen MR) is 141 cm³/mol. The van der Waals surface area contributed by atoms with Crippen molar-refractivity contribution in [2.45, 2.75) is 13.5 Å². The Hall–Kier alpha value is -4.37. The van der Waals surface area contributed by atoms with Gasteiger partial charge in [-0.2, -0.15) is 0 Å². The molecule has 2 N–H and O–H groups in total. The Morgan fingerprint density at radius 2 is 1.47 bits per heavy atom. The first kappa shape index (κ1) is 20.3. The molecule has 0 fully saturated rings. The van der Waals surface area contributed by atoms with E-state index >= 15 is 0 Å². The van der Waals surface area contributed by atoms with Crippen molar-refractivity contribution < 1.29 is 4.79 Å². The highest BCUT2D eigenvalue weighted by molar-refractivity contribution is 6.18. The Labute approximate surface area is 198 Å². The second-order valence-electron chi connectivity index (χ2n) is 8.84. The van der Waals surface area contributed by atoms with Crippen LogP contribution in [0.3, 0.4) is 0 Å². The van der Waals surface area contributed by atoms with Gasteiger partial charge in [-0.25, -0.2) is 0 Å². The van der Waals surface area contributed by atoms with Gasteiger partial charge in [-0.3, -0.25) is 4.79 Å². The van der Waals surface area contributed by atoms with Crippen LogP contribution in [0.4, 0.5) is 0 Å². The van der Waals surface area contributed by atoms with Gasteiger partial charge in [0.2, 0.25) is 5.91 Å². The molecule has 0 atom stereocenters. The molecular weight excluding hydrogens is 416 g/mol. The molecule has 0 unspecified atom stereocenters. The van der Waals surface area contributed by atoms with Gasteiger partial charge in [-0.05, 0) is 58.1 Å². The van der Waals surface area contributed by atoms with Gasteiger partial charge in [0.25, 0.3) is 0 Å². The average Bonchev–Trinajstić information content (AvgIpc) is 3.19. The molecule has 1 amide bonds. The van der Waals surface area contributed by atoms with Crippen LogP contribution in [0.5, 0.6) is 0 Å². The van der Waals surface area contributed by atoms with E-state index in [1.807, 2.05) is 18.2 Å². The summed E-state index contributed by atoms with van der Waals surface area (Å²) >= 11 is 0. The van der Waals surface area contributed by atoms with E-state index in [4.69, 9.17) is 5.73 Å². The van der Waals surface area contributed by atoms with Crippen molar-refractivity contribution in [3.8, 4) is 11.1 Å². The molecule has 3 heteroatoms. The molecule has 1 aromatic heterocycles. The Kier molecular flexibility index (Phi) is 4.70. The highest BCUT2D eigenvalue weighted by Gasteiger charge is 2.18. The summed E-state index contributed by atoms with van der Waals surface area (Å²) in [6.07, 6.45) is 0. The molecule has 0 spiro atoms. The van der Waals surface area contributed by atoms with Gasteiger partial charge in [0.1, 0.15) is 0 Å². The van der Waals surface area contributed by atoms with Crippen LogP contribution in [-0.4, -0.2) is 10.5 Å². The first-order valence-electron chi connectivity index (χ1n) is 11.5. The van der Waals surface area contributed by atoms with E-state index in [1.54, 1.807) is 0 Å². The monoisotopic (exact) mass is 440 g/mol. The maximum absolute atomic E-state index is 12.3. The van der Waals surface area contributed by atoms with Crippen LogP contribution in [-0.2, 0) is 6.54 Å². The minimum atomic E-state index is -0.405. The lowest BCUT2D eigenvalue weighted by Gasteiger charge is -2.13. The average molecular weight is 441 g/mol. The standard InChI is InChI=1S/C31H24N2O/c1-20-14-15-23(25-11-6-5-10-24(20)25)19-33-28-13-7-12-27(31(32)34)30(28)26-17-16-22(18-29(26)33)21-8-3-2-4-9-21/h2-18H,19H2,1H3,(H2,32,34). The number of carbonyl (C=O) groups excluding carboxylic acids is 1. The smallest absolute Gasteiger partial charge is 0.249 e. The van der Waals surface area contributed by atoms with Gasteiger partial charge < -0.3 is 10.3 Å². The van der Waals surface area contributed by atoms with Crippen molar-refractivity contribution in [3.05, 3.63) is 120 Å². The molecule has 6 rings (SSSR count). The number of fused-ring (bicyclic) bond motifs is 4. The lowest BCUT2D eigenvalue weighted by Crippen LogP contribution is -2.11. The number of nitrogens with zero attached hydrogens (tertiary/aromatic N) is 1. The van der Waals surface area contributed by atoms with Gasteiger partial charge in [-0.15, -0.1) is 0 Å². The summed E-state index contributed by atoms with van der Waals surface area (Å²) in [6, 6.07) is 35.6.